The van der Waals surface area contributed by atoms with Crippen LogP contribution in [0.5, 0.6) is 0 Å². The molecular formula is C15H17F3O3. The van der Waals surface area contributed by atoms with Gasteiger partial charge in [0.2, 0.25) is 0 Å². The van der Waals surface area contributed by atoms with E-state index in [1.807, 2.05) is 13.8 Å². The van der Waals surface area contributed by atoms with Crippen LogP contribution in [-0.4, -0.2) is 29.3 Å². The van der Waals surface area contributed by atoms with Gasteiger partial charge in [-0.25, -0.2) is 0 Å². The third kappa shape index (κ3) is 2.20. The zero-order valence-corrected chi connectivity index (χ0v) is 11.9. The largest absolute Gasteiger partial charge is 0.480 e. The van der Waals surface area contributed by atoms with Crippen molar-refractivity contribution >= 4 is 5.78 Å². The number of carbonyl (C=O) groups excluding carboxylic acids is 1. The number of aliphatic hydroxyl groups is 1. The molecule has 0 aromatic heterocycles. The second-order valence-corrected chi connectivity index (χ2v) is 6.60. The monoisotopic (exact) mass is 302 g/mol. The van der Waals surface area contributed by atoms with E-state index in [1.54, 1.807) is 0 Å². The fourth-order valence-corrected chi connectivity index (χ4v) is 3.46. The van der Waals surface area contributed by atoms with E-state index in [0.29, 0.717) is 29.6 Å². The highest BCUT2D eigenvalue weighted by Gasteiger charge is 2.52. The molecular weight excluding hydrogens is 285 g/mol. The van der Waals surface area contributed by atoms with Crippen molar-refractivity contribution in [2.75, 3.05) is 0 Å². The van der Waals surface area contributed by atoms with Crippen LogP contribution in [0.25, 0.3) is 0 Å². The SMILES string of the molecule is CC1(C)CC2=C(CCC(O)C2=O)C2=C1CC(C(F)(F)F)O2. The number of ether oxygens (including phenoxy) is 1. The van der Waals surface area contributed by atoms with Crippen LogP contribution in [0.2, 0.25) is 0 Å². The number of alkyl halides is 3. The molecule has 0 aromatic carbocycles. The first kappa shape index (κ1) is 14.6. The van der Waals surface area contributed by atoms with E-state index in [-0.39, 0.29) is 24.4 Å². The summed E-state index contributed by atoms with van der Waals surface area (Å²) in [4.78, 5) is 12.1. The van der Waals surface area contributed by atoms with Crippen LogP contribution in [0.4, 0.5) is 13.2 Å². The van der Waals surface area contributed by atoms with Gasteiger partial charge in [0, 0.05) is 17.6 Å². The fourth-order valence-electron chi connectivity index (χ4n) is 3.46. The van der Waals surface area contributed by atoms with Crippen LogP contribution in [0.1, 0.15) is 39.5 Å². The van der Waals surface area contributed by atoms with Gasteiger partial charge in [-0.05, 0) is 30.3 Å². The van der Waals surface area contributed by atoms with Crippen molar-refractivity contribution in [3.8, 4) is 0 Å². The van der Waals surface area contributed by atoms with Gasteiger partial charge in [-0.3, -0.25) is 4.79 Å². The highest BCUT2D eigenvalue weighted by molar-refractivity contribution is 6.01. The van der Waals surface area contributed by atoms with Crippen molar-refractivity contribution in [1.82, 2.24) is 0 Å². The summed E-state index contributed by atoms with van der Waals surface area (Å²) in [6.07, 6.45) is -6.44. The molecule has 0 amide bonds. The summed E-state index contributed by atoms with van der Waals surface area (Å²) < 4.78 is 44.0. The van der Waals surface area contributed by atoms with Crippen LogP contribution in [0, 0.1) is 5.41 Å². The number of aliphatic hydroxyl groups excluding tert-OH is 1. The standard InChI is InChI=1S/C15H17F3O3/c1-14(2)6-8-7(3-4-10(19)12(8)20)13-9(14)5-11(21-13)15(16,17)18/h10-11,19H,3-6H2,1-2H3. The zero-order valence-electron chi connectivity index (χ0n) is 11.9. The predicted octanol–water partition coefficient (Wildman–Crippen LogP) is 3.04. The molecule has 0 saturated carbocycles. The summed E-state index contributed by atoms with van der Waals surface area (Å²) in [6, 6.07) is 0. The van der Waals surface area contributed by atoms with Gasteiger partial charge >= 0.3 is 6.18 Å². The van der Waals surface area contributed by atoms with E-state index in [1.165, 1.54) is 0 Å². The number of ketones is 1. The number of Topliss-reactive ketones (excluding diaryl/α,β-unsaturated/α-hetero) is 1. The molecule has 3 nitrogen and oxygen atoms in total. The Labute approximate surface area is 120 Å². The van der Waals surface area contributed by atoms with E-state index in [4.69, 9.17) is 4.74 Å². The molecule has 0 fully saturated rings. The molecule has 2 atom stereocenters. The van der Waals surface area contributed by atoms with Crippen LogP contribution in [0.15, 0.2) is 22.5 Å². The normalized spacial score (nSPS) is 32.0. The maximum absolute atomic E-state index is 12.9. The van der Waals surface area contributed by atoms with E-state index in [2.05, 4.69) is 0 Å². The summed E-state index contributed by atoms with van der Waals surface area (Å²) in [6.45, 7) is 3.64. The van der Waals surface area contributed by atoms with Crippen molar-refractivity contribution in [1.29, 1.82) is 0 Å². The van der Waals surface area contributed by atoms with E-state index < -0.39 is 23.8 Å². The second-order valence-electron chi connectivity index (χ2n) is 6.60. The number of rotatable bonds is 0. The zero-order chi connectivity index (χ0) is 15.6. The summed E-state index contributed by atoms with van der Waals surface area (Å²) in [5.41, 5.74) is 1.11. The molecule has 21 heavy (non-hydrogen) atoms. The van der Waals surface area contributed by atoms with E-state index in [9.17, 15) is 23.1 Å². The third-order valence-electron chi connectivity index (χ3n) is 4.63. The Balaban J connectivity index is 2.04. The maximum Gasteiger partial charge on any atom is 0.425 e. The topological polar surface area (TPSA) is 46.5 Å². The molecule has 2 unspecified atom stereocenters. The highest BCUT2D eigenvalue weighted by Crippen LogP contribution is 2.53. The van der Waals surface area contributed by atoms with Gasteiger partial charge in [0.05, 0.1) is 0 Å². The molecule has 1 N–H and O–H groups in total. The van der Waals surface area contributed by atoms with Crippen molar-refractivity contribution in [3.05, 3.63) is 22.5 Å². The Hall–Kier alpha value is -1.30. The van der Waals surface area contributed by atoms with Crippen LogP contribution in [0.3, 0.4) is 0 Å². The molecule has 1 heterocycles. The first-order valence-corrected chi connectivity index (χ1v) is 7.03. The van der Waals surface area contributed by atoms with Crippen molar-refractivity contribution in [2.45, 2.75) is 57.9 Å². The van der Waals surface area contributed by atoms with Crippen LogP contribution < -0.4 is 0 Å². The molecule has 0 radical (unpaired) electrons. The lowest BCUT2D eigenvalue weighted by molar-refractivity contribution is -0.202. The third-order valence-corrected chi connectivity index (χ3v) is 4.63. The van der Waals surface area contributed by atoms with Gasteiger partial charge in [-0.1, -0.05) is 13.8 Å². The first-order valence-electron chi connectivity index (χ1n) is 7.03. The van der Waals surface area contributed by atoms with Gasteiger partial charge in [-0.15, -0.1) is 0 Å². The second kappa shape index (κ2) is 4.35. The Kier molecular flexibility index (Phi) is 3.03. The Morgan fingerprint density at radius 2 is 1.95 bits per heavy atom. The molecule has 1 aliphatic heterocycles. The van der Waals surface area contributed by atoms with Crippen LogP contribution >= 0.6 is 0 Å². The molecule has 0 aromatic rings. The molecule has 6 heteroatoms. The minimum Gasteiger partial charge on any atom is -0.480 e. The van der Waals surface area contributed by atoms with Crippen molar-refractivity contribution in [2.24, 2.45) is 5.41 Å². The van der Waals surface area contributed by atoms with Crippen molar-refractivity contribution < 1.29 is 27.8 Å². The minimum atomic E-state index is -4.41. The minimum absolute atomic E-state index is 0.167. The molecule has 116 valence electrons. The average molecular weight is 302 g/mol. The Morgan fingerprint density at radius 1 is 1.29 bits per heavy atom. The molecule has 3 rings (SSSR count). The summed E-state index contributed by atoms with van der Waals surface area (Å²) in [5.74, 6) is -0.112. The smallest absolute Gasteiger partial charge is 0.425 e. The van der Waals surface area contributed by atoms with Gasteiger partial charge in [0.1, 0.15) is 11.9 Å². The van der Waals surface area contributed by atoms with Crippen LogP contribution in [-0.2, 0) is 9.53 Å². The molecule has 0 spiro atoms. The Morgan fingerprint density at radius 3 is 2.57 bits per heavy atom. The van der Waals surface area contributed by atoms with Gasteiger partial charge in [-0.2, -0.15) is 13.2 Å². The summed E-state index contributed by atoms with van der Waals surface area (Å²) >= 11 is 0. The lowest BCUT2D eigenvalue weighted by Crippen LogP contribution is -2.33. The first-order chi connectivity index (χ1) is 9.61. The number of carbonyl (C=O) groups is 1. The fraction of sp³-hybridized carbons (Fsp3) is 0.667. The predicted molar refractivity (Wildman–Crippen MR) is 68.2 cm³/mol. The summed E-state index contributed by atoms with van der Waals surface area (Å²) in [7, 11) is 0. The summed E-state index contributed by atoms with van der Waals surface area (Å²) in [5, 5.41) is 9.69. The number of hydrogen-bond acceptors (Lipinski definition) is 3. The van der Waals surface area contributed by atoms with Gasteiger partial charge in [0.25, 0.3) is 0 Å². The maximum atomic E-state index is 12.9. The molecule has 0 saturated heterocycles. The van der Waals surface area contributed by atoms with E-state index in [0.717, 1.165) is 0 Å². The average Bonchev–Trinajstić information content (AvgIpc) is 2.80. The van der Waals surface area contributed by atoms with Gasteiger partial charge < -0.3 is 9.84 Å². The lowest BCUT2D eigenvalue weighted by Gasteiger charge is -2.36. The highest BCUT2D eigenvalue weighted by atomic mass is 19.4. The Bertz CT molecular complexity index is 569. The number of hydrogen-bond donors (Lipinski definition) is 1. The number of allylic oxidation sites excluding steroid dienone is 1. The van der Waals surface area contributed by atoms with Gasteiger partial charge in [0.15, 0.2) is 11.9 Å². The molecule has 3 aliphatic rings. The quantitative estimate of drug-likeness (QED) is 0.748. The van der Waals surface area contributed by atoms with E-state index >= 15 is 0 Å². The lowest BCUT2D eigenvalue weighted by atomic mass is 9.68. The van der Waals surface area contributed by atoms with Crippen molar-refractivity contribution in [3.63, 3.8) is 0 Å². The molecule has 0 bridgehead atoms. The molecule has 2 aliphatic carbocycles. The number of halogens is 3. The number of fused-ring (bicyclic) bond motifs is 1.